The first-order valence-electron chi connectivity index (χ1n) is 12.6. The molecule has 1 saturated heterocycles. The standard InChI is InChI=1S/C29H32ClNO7/c1-36-21-6-2-17(3-7-21)15-31-10-11-37-24-9-4-18(13-23(24)31)12-20-14-19(5-8-22(20)30)29-28(35)27(34)26(33)25(16-32)38-29/h2-9,13-14,25-29,32-35H,10-12,15-16H2,1H3/t25-,26-,27+,28-,29+/m1/s1. The van der Waals surface area contributed by atoms with Crippen LogP contribution < -0.4 is 14.4 Å². The highest BCUT2D eigenvalue weighted by Crippen LogP contribution is 2.37. The predicted octanol–water partition coefficient (Wildman–Crippen LogP) is 2.85. The highest BCUT2D eigenvalue weighted by molar-refractivity contribution is 6.31. The van der Waals surface area contributed by atoms with E-state index in [4.69, 9.17) is 25.8 Å². The highest BCUT2D eigenvalue weighted by atomic mass is 35.5. The Hall–Kier alpha value is -2.85. The molecule has 202 valence electrons. The Kier molecular flexibility index (Phi) is 8.09. The number of hydrogen-bond acceptors (Lipinski definition) is 8. The van der Waals surface area contributed by atoms with Gasteiger partial charge in [0.15, 0.2) is 0 Å². The van der Waals surface area contributed by atoms with E-state index in [1.165, 1.54) is 5.56 Å². The van der Waals surface area contributed by atoms with Gasteiger partial charge in [-0.3, -0.25) is 0 Å². The number of hydrogen-bond donors (Lipinski definition) is 4. The number of anilines is 1. The number of nitrogens with zero attached hydrogens (tertiary/aromatic N) is 1. The molecule has 0 bridgehead atoms. The summed E-state index contributed by atoms with van der Waals surface area (Å²) >= 11 is 6.56. The monoisotopic (exact) mass is 541 g/mol. The van der Waals surface area contributed by atoms with E-state index >= 15 is 0 Å². The average molecular weight is 542 g/mol. The van der Waals surface area contributed by atoms with Gasteiger partial charge in [-0.15, -0.1) is 0 Å². The third-order valence-electron chi connectivity index (χ3n) is 7.20. The third-order valence-corrected chi connectivity index (χ3v) is 7.57. The van der Waals surface area contributed by atoms with Gasteiger partial charge >= 0.3 is 0 Å². The van der Waals surface area contributed by atoms with Crippen LogP contribution in [0.2, 0.25) is 5.02 Å². The summed E-state index contributed by atoms with van der Waals surface area (Å²) in [6.07, 6.45) is -5.57. The summed E-state index contributed by atoms with van der Waals surface area (Å²) in [7, 11) is 1.65. The normalized spacial score (nSPS) is 25.0. The second-order valence-corrected chi connectivity index (χ2v) is 10.1. The Balaban J connectivity index is 1.38. The second kappa shape index (κ2) is 11.5. The summed E-state index contributed by atoms with van der Waals surface area (Å²) in [5, 5.41) is 41.0. The fraction of sp³-hybridized carbons (Fsp3) is 0.379. The Morgan fingerprint density at radius 1 is 0.947 bits per heavy atom. The van der Waals surface area contributed by atoms with E-state index in [9.17, 15) is 20.4 Å². The van der Waals surface area contributed by atoms with Crippen LogP contribution in [0.1, 0.15) is 28.4 Å². The smallest absolute Gasteiger partial charge is 0.142 e. The zero-order chi connectivity index (χ0) is 26.8. The van der Waals surface area contributed by atoms with Crippen molar-refractivity contribution in [3.63, 3.8) is 0 Å². The van der Waals surface area contributed by atoms with Crippen molar-refractivity contribution < 1.29 is 34.6 Å². The van der Waals surface area contributed by atoms with Crippen molar-refractivity contribution in [3.05, 3.63) is 87.9 Å². The molecular formula is C29H32ClNO7. The van der Waals surface area contributed by atoms with Crippen molar-refractivity contribution in [2.45, 2.75) is 43.5 Å². The number of fused-ring (bicyclic) bond motifs is 1. The zero-order valence-electron chi connectivity index (χ0n) is 21.0. The van der Waals surface area contributed by atoms with Gasteiger partial charge in [0.1, 0.15) is 48.6 Å². The van der Waals surface area contributed by atoms with Gasteiger partial charge in [-0.25, -0.2) is 0 Å². The van der Waals surface area contributed by atoms with E-state index in [-0.39, 0.29) is 0 Å². The molecule has 5 rings (SSSR count). The molecule has 3 aromatic carbocycles. The lowest BCUT2D eigenvalue weighted by molar-refractivity contribution is -0.231. The summed E-state index contributed by atoms with van der Waals surface area (Å²) in [6.45, 7) is 1.62. The van der Waals surface area contributed by atoms with Crippen LogP contribution >= 0.6 is 11.6 Å². The minimum Gasteiger partial charge on any atom is -0.497 e. The molecule has 3 aromatic rings. The Morgan fingerprint density at radius 3 is 2.45 bits per heavy atom. The Bertz CT molecular complexity index is 1250. The predicted molar refractivity (Wildman–Crippen MR) is 143 cm³/mol. The van der Waals surface area contributed by atoms with E-state index in [1.807, 2.05) is 30.3 Å². The molecule has 1 fully saturated rings. The number of aliphatic hydroxyl groups excluding tert-OH is 4. The maximum absolute atomic E-state index is 10.6. The second-order valence-electron chi connectivity index (χ2n) is 9.70. The molecule has 0 radical (unpaired) electrons. The molecule has 0 aromatic heterocycles. The summed E-state index contributed by atoms with van der Waals surface area (Å²) in [5.74, 6) is 1.65. The maximum atomic E-state index is 10.6. The largest absolute Gasteiger partial charge is 0.497 e. The van der Waals surface area contributed by atoms with Crippen LogP contribution in [0.4, 0.5) is 5.69 Å². The van der Waals surface area contributed by atoms with Crippen LogP contribution in [0.25, 0.3) is 0 Å². The summed E-state index contributed by atoms with van der Waals surface area (Å²) in [6, 6.07) is 19.4. The quantitative estimate of drug-likeness (QED) is 0.361. The molecule has 4 N–H and O–H groups in total. The van der Waals surface area contributed by atoms with E-state index < -0.39 is 37.1 Å². The van der Waals surface area contributed by atoms with E-state index in [0.29, 0.717) is 23.6 Å². The van der Waals surface area contributed by atoms with Crippen LogP contribution in [0.15, 0.2) is 60.7 Å². The number of methoxy groups -OCH3 is 1. The average Bonchev–Trinajstić information content (AvgIpc) is 2.94. The Labute approximate surface area is 226 Å². The van der Waals surface area contributed by atoms with E-state index in [0.717, 1.165) is 41.4 Å². The van der Waals surface area contributed by atoms with Gasteiger partial charge in [-0.2, -0.15) is 0 Å². The lowest BCUT2D eigenvalue weighted by atomic mass is 9.90. The third kappa shape index (κ3) is 5.47. The van der Waals surface area contributed by atoms with Gasteiger partial charge in [0.2, 0.25) is 0 Å². The first-order chi connectivity index (χ1) is 18.4. The molecule has 9 heteroatoms. The number of ether oxygens (including phenoxy) is 3. The number of aliphatic hydroxyl groups is 4. The molecule has 0 unspecified atom stereocenters. The lowest BCUT2D eigenvalue weighted by Gasteiger charge is -2.40. The first kappa shape index (κ1) is 26.7. The van der Waals surface area contributed by atoms with Crippen molar-refractivity contribution in [1.82, 2.24) is 0 Å². The van der Waals surface area contributed by atoms with Crippen molar-refractivity contribution in [2.75, 3.05) is 31.8 Å². The van der Waals surface area contributed by atoms with E-state index in [2.05, 4.69) is 23.1 Å². The fourth-order valence-corrected chi connectivity index (χ4v) is 5.23. The topological polar surface area (TPSA) is 112 Å². The van der Waals surface area contributed by atoms with Crippen LogP contribution in [-0.4, -0.2) is 71.7 Å². The maximum Gasteiger partial charge on any atom is 0.142 e. The minimum absolute atomic E-state index is 0.480. The summed E-state index contributed by atoms with van der Waals surface area (Å²) in [4.78, 5) is 2.29. The number of halogens is 1. The van der Waals surface area contributed by atoms with Crippen molar-refractivity contribution in [2.24, 2.45) is 0 Å². The molecule has 0 saturated carbocycles. The molecule has 2 aliphatic heterocycles. The van der Waals surface area contributed by atoms with Gasteiger partial charge in [0.25, 0.3) is 0 Å². The first-order valence-corrected chi connectivity index (χ1v) is 13.0. The van der Waals surface area contributed by atoms with Gasteiger partial charge in [0, 0.05) is 11.6 Å². The van der Waals surface area contributed by atoms with Crippen molar-refractivity contribution in [3.8, 4) is 11.5 Å². The number of benzene rings is 3. The van der Waals surface area contributed by atoms with Gasteiger partial charge in [-0.1, -0.05) is 41.9 Å². The van der Waals surface area contributed by atoms with Crippen LogP contribution in [-0.2, 0) is 17.7 Å². The van der Waals surface area contributed by atoms with Crippen LogP contribution in [0, 0.1) is 0 Å². The molecule has 0 amide bonds. The summed E-state index contributed by atoms with van der Waals surface area (Å²) in [5.41, 5.74) is 4.62. The highest BCUT2D eigenvalue weighted by Gasteiger charge is 2.44. The molecule has 5 atom stereocenters. The van der Waals surface area contributed by atoms with Crippen molar-refractivity contribution in [1.29, 1.82) is 0 Å². The fourth-order valence-electron chi connectivity index (χ4n) is 5.05. The number of rotatable bonds is 7. The lowest BCUT2D eigenvalue weighted by Crippen LogP contribution is -2.55. The minimum atomic E-state index is -1.44. The summed E-state index contributed by atoms with van der Waals surface area (Å²) < 4.78 is 16.9. The SMILES string of the molecule is COc1ccc(CN2CCOc3ccc(Cc4cc([C@@H]5O[C@H](CO)[C@@H](O)[C@H](O)[C@H]5O)ccc4Cl)cc32)cc1. The van der Waals surface area contributed by atoms with Gasteiger partial charge in [-0.05, 0) is 59.0 Å². The molecule has 2 heterocycles. The molecule has 2 aliphatic rings. The van der Waals surface area contributed by atoms with E-state index in [1.54, 1.807) is 19.2 Å². The molecule has 38 heavy (non-hydrogen) atoms. The molecule has 8 nitrogen and oxygen atoms in total. The van der Waals surface area contributed by atoms with Crippen LogP contribution in [0.5, 0.6) is 11.5 Å². The Morgan fingerprint density at radius 2 is 1.71 bits per heavy atom. The van der Waals surface area contributed by atoms with Crippen molar-refractivity contribution >= 4 is 17.3 Å². The van der Waals surface area contributed by atoms with Crippen LogP contribution in [0.3, 0.4) is 0 Å². The molecule has 0 spiro atoms. The molecule has 0 aliphatic carbocycles. The van der Waals surface area contributed by atoms with Gasteiger partial charge < -0.3 is 39.5 Å². The van der Waals surface area contributed by atoms with Gasteiger partial charge in [0.05, 0.1) is 25.9 Å². The molecular weight excluding hydrogens is 510 g/mol. The zero-order valence-corrected chi connectivity index (χ0v) is 21.8.